The van der Waals surface area contributed by atoms with Crippen LogP contribution in [-0.2, 0) is 6.54 Å². The summed E-state index contributed by atoms with van der Waals surface area (Å²) in [6.45, 7) is 5.40. The molecule has 1 unspecified atom stereocenters. The van der Waals surface area contributed by atoms with Gasteiger partial charge < -0.3 is 0 Å². The van der Waals surface area contributed by atoms with Crippen molar-refractivity contribution in [1.29, 1.82) is 0 Å². The highest BCUT2D eigenvalue weighted by Gasteiger charge is 2.17. The second-order valence-corrected chi connectivity index (χ2v) is 5.08. The molecule has 1 heterocycles. The van der Waals surface area contributed by atoms with E-state index in [2.05, 4.69) is 36.1 Å². The zero-order chi connectivity index (χ0) is 10.7. The molecule has 0 radical (unpaired) electrons. The highest BCUT2D eigenvalue weighted by atomic mass is 35.5. The molecule has 1 aromatic carbocycles. The van der Waals surface area contributed by atoms with Crippen LogP contribution in [0.15, 0.2) is 24.3 Å². The van der Waals surface area contributed by atoms with Gasteiger partial charge in [0.15, 0.2) is 0 Å². The van der Waals surface area contributed by atoms with E-state index in [1.54, 1.807) is 0 Å². The third-order valence-corrected chi connectivity index (χ3v) is 3.33. The van der Waals surface area contributed by atoms with Gasteiger partial charge in [-0.3, -0.25) is 4.90 Å². The molecule has 1 fully saturated rings. The lowest BCUT2D eigenvalue weighted by Gasteiger charge is -2.29. The van der Waals surface area contributed by atoms with Crippen LogP contribution in [0.2, 0.25) is 0 Å². The minimum Gasteiger partial charge on any atom is -0.298 e. The molecule has 0 N–H and O–H groups in total. The number of rotatable bonds is 2. The Morgan fingerprint density at radius 3 is 2.73 bits per heavy atom. The predicted octanol–water partition coefficient (Wildman–Crippen LogP) is 3.20. The number of halogens is 1. The standard InChI is InChI=1S/C13H18ClN/c1-11-4-6-12(7-5-11)9-15-8-2-3-13(14)10-15/h4-7,13H,2-3,8-10H2,1H3. The third-order valence-electron chi connectivity index (χ3n) is 2.97. The summed E-state index contributed by atoms with van der Waals surface area (Å²) in [7, 11) is 0. The molecule has 0 spiro atoms. The van der Waals surface area contributed by atoms with Crippen molar-refractivity contribution in [3.8, 4) is 0 Å². The van der Waals surface area contributed by atoms with E-state index in [-0.39, 0.29) is 0 Å². The molecule has 0 saturated carbocycles. The van der Waals surface area contributed by atoms with E-state index in [4.69, 9.17) is 11.6 Å². The van der Waals surface area contributed by atoms with Crippen molar-refractivity contribution in [2.24, 2.45) is 0 Å². The van der Waals surface area contributed by atoms with Crippen LogP contribution < -0.4 is 0 Å². The number of piperidine rings is 1. The van der Waals surface area contributed by atoms with Gasteiger partial charge in [0.25, 0.3) is 0 Å². The van der Waals surface area contributed by atoms with E-state index in [1.807, 2.05) is 0 Å². The molecule has 1 atom stereocenters. The van der Waals surface area contributed by atoms with E-state index in [0.29, 0.717) is 5.38 Å². The van der Waals surface area contributed by atoms with E-state index >= 15 is 0 Å². The first-order valence-electron chi connectivity index (χ1n) is 5.66. The Morgan fingerprint density at radius 1 is 1.33 bits per heavy atom. The molecule has 0 aliphatic carbocycles. The Bertz CT molecular complexity index is 307. The second kappa shape index (κ2) is 5.00. The molecule has 1 saturated heterocycles. The lowest BCUT2D eigenvalue weighted by Crippen LogP contribution is -2.35. The Labute approximate surface area is 97.0 Å². The van der Waals surface area contributed by atoms with Crippen LogP contribution in [0.4, 0.5) is 0 Å². The van der Waals surface area contributed by atoms with Crippen molar-refractivity contribution in [3.63, 3.8) is 0 Å². The quantitative estimate of drug-likeness (QED) is 0.696. The first kappa shape index (κ1) is 11.0. The van der Waals surface area contributed by atoms with Crippen molar-refractivity contribution in [1.82, 2.24) is 4.90 Å². The van der Waals surface area contributed by atoms with Crippen LogP contribution in [0.3, 0.4) is 0 Å². The maximum atomic E-state index is 6.16. The topological polar surface area (TPSA) is 3.24 Å². The average molecular weight is 224 g/mol. The summed E-state index contributed by atoms with van der Waals surface area (Å²) in [6, 6.07) is 8.79. The number of benzene rings is 1. The zero-order valence-corrected chi connectivity index (χ0v) is 10.0. The summed E-state index contributed by atoms with van der Waals surface area (Å²) in [5.74, 6) is 0. The van der Waals surface area contributed by atoms with Gasteiger partial charge in [0, 0.05) is 18.5 Å². The number of likely N-dealkylation sites (tertiary alicyclic amines) is 1. The maximum absolute atomic E-state index is 6.16. The van der Waals surface area contributed by atoms with Crippen LogP contribution >= 0.6 is 11.6 Å². The molecule has 0 aromatic heterocycles. The fourth-order valence-electron chi connectivity index (χ4n) is 2.09. The van der Waals surface area contributed by atoms with Gasteiger partial charge in [-0.1, -0.05) is 29.8 Å². The van der Waals surface area contributed by atoms with Gasteiger partial charge in [0.05, 0.1) is 0 Å². The van der Waals surface area contributed by atoms with Crippen molar-refractivity contribution in [2.45, 2.75) is 31.7 Å². The van der Waals surface area contributed by atoms with Crippen LogP contribution in [0.1, 0.15) is 24.0 Å². The van der Waals surface area contributed by atoms with E-state index < -0.39 is 0 Å². The number of nitrogens with zero attached hydrogens (tertiary/aromatic N) is 1. The smallest absolute Gasteiger partial charge is 0.0463 e. The second-order valence-electron chi connectivity index (χ2n) is 4.46. The van der Waals surface area contributed by atoms with Crippen molar-refractivity contribution >= 4 is 11.6 Å². The van der Waals surface area contributed by atoms with Gasteiger partial charge in [-0.05, 0) is 31.9 Å². The largest absolute Gasteiger partial charge is 0.298 e. The Hall–Kier alpha value is -0.530. The summed E-state index contributed by atoms with van der Waals surface area (Å²) < 4.78 is 0. The van der Waals surface area contributed by atoms with E-state index in [0.717, 1.165) is 13.1 Å². The van der Waals surface area contributed by atoms with E-state index in [9.17, 15) is 0 Å². The lowest BCUT2D eigenvalue weighted by atomic mass is 10.1. The van der Waals surface area contributed by atoms with Crippen molar-refractivity contribution < 1.29 is 0 Å². The lowest BCUT2D eigenvalue weighted by molar-refractivity contribution is 0.224. The normalized spacial score (nSPS) is 22.9. The van der Waals surface area contributed by atoms with E-state index in [1.165, 1.54) is 30.5 Å². The van der Waals surface area contributed by atoms with Gasteiger partial charge in [-0.15, -0.1) is 11.6 Å². The minimum atomic E-state index is 0.351. The SMILES string of the molecule is Cc1ccc(CN2CCCC(Cl)C2)cc1. The van der Waals surface area contributed by atoms with Crippen LogP contribution in [0, 0.1) is 6.92 Å². The molecule has 1 aliphatic rings. The molecule has 1 nitrogen and oxygen atoms in total. The Morgan fingerprint density at radius 2 is 2.07 bits per heavy atom. The molecule has 0 amide bonds. The molecule has 2 rings (SSSR count). The summed E-state index contributed by atoms with van der Waals surface area (Å²) in [5.41, 5.74) is 2.72. The van der Waals surface area contributed by atoms with Crippen LogP contribution in [0.25, 0.3) is 0 Å². The maximum Gasteiger partial charge on any atom is 0.0463 e. The molecule has 15 heavy (non-hydrogen) atoms. The molecule has 2 heteroatoms. The van der Waals surface area contributed by atoms with Gasteiger partial charge in [-0.25, -0.2) is 0 Å². The number of alkyl halides is 1. The average Bonchev–Trinajstić information content (AvgIpc) is 2.22. The zero-order valence-electron chi connectivity index (χ0n) is 9.25. The predicted molar refractivity (Wildman–Crippen MR) is 65.3 cm³/mol. The minimum absolute atomic E-state index is 0.351. The fourth-order valence-corrected chi connectivity index (χ4v) is 2.44. The molecule has 1 aromatic rings. The number of hydrogen-bond donors (Lipinski definition) is 0. The monoisotopic (exact) mass is 223 g/mol. The molecule has 0 bridgehead atoms. The fraction of sp³-hybridized carbons (Fsp3) is 0.538. The summed E-state index contributed by atoms with van der Waals surface area (Å²) in [6.07, 6.45) is 2.41. The number of aryl methyl sites for hydroxylation is 1. The molecular weight excluding hydrogens is 206 g/mol. The first-order valence-corrected chi connectivity index (χ1v) is 6.09. The summed E-state index contributed by atoms with van der Waals surface area (Å²) in [5, 5.41) is 0.351. The van der Waals surface area contributed by atoms with Crippen molar-refractivity contribution in [3.05, 3.63) is 35.4 Å². The molecular formula is C13H18ClN. The van der Waals surface area contributed by atoms with Gasteiger partial charge in [0.2, 0.25) is 0 Å². The summed E-state index contributed by atoms with van der Waals surface area (Å²) in [4.78, 5) is 2.45. The highest BCUT2D eigenvalue weighted by molar-refractivity contribution is 6.20. The van der Waals surface area contributed by atoms with Gasteiger partial charge in [0.1, 0.15) is 0 Å². The number of hydrogen-bond acceptors (Lipinski definition) is 1. The molecule has 1 aliphatic heterocycles. The van der Waals surface area contributed by atoms with Crippen molar-refractivity contribution in [2.75, 3.05) is 13.1 Å². The molecule has 82 valence electrons. The van der Waals surface area contributed by atoms with Crippen LogP contribution in [-0.4, -0.2) is 23.4 Å². The Kier molecular flexibility index (Phi) is 3.66. The summed E-state index contributed by atoms with van der Waals surface area (Å²) >= 11 is 6.16. The third kappa shape index (κ3) is 3.22. The first-order chi connectivity index (χ1) is 7.24. The highest BCUT2D eigenvalue weighted by Crippen LogP contribution is 2.17. The van der Waals surface area contributed by atoms with Gasteiger partial charge in [-0.2, -0.15) is 0 Å². The van der Waals surface area contributed by atoms with Crippen LogP contribution in [0.5, 0.6) is 0 Å². The Balaban J connectivity index is 1.93. The van der Waals surface area contributed by atoms with Gasteiger partial charge >= 0.3 is 0 Å².